The van der Waals surface area contributed by atoms with Gasteiger partial charge in [0.05, 0.1) is 18.8 Å². The highest BCUT2D eigenvalue weighted by atomic mass is 16.2. The van der Waals surface area contributed by atoms with Crippen LogP contribution in [0, 0.1) is 0 Å². The minimum absolute atomic E-state index is 0.000542. The first-order valence-electron chi connectivity index (χ1n) is 8.15. The second-order valence-corrected chi connectivity index (χ2v) is 5.61. The van der Waals surface area contributed by atoms with Gasteiger partial charge in [-0.25, -0.2) is 0 Å². The van der Waals surface area contributed by atoms with Crippen LogP contribution in [0.25, 0.3) is 0 Å². The number of carbonyl (C=O) groups excluding carboxylic acids is 1. The van der Waals surface area contributed by atoms with E-state index in [4.69, 9.17) is 0 Å². The number of guanidine groups is 1. The van der Waals surface area contributed by atoms with Crippen LogP contribution in [0.1, 0.15) is 11.4 Å². The molecule has 0 aliphatic heterocycles. The van der Waals surface area contributed by atoms with E-state index in [1.807, 2.05) is 31.3 Å². The largest absolute Gasteiger partial charge is 0.351 e. The Morgan fingerprint density at radius 1 is 1.28 bits per heavy atom. The zero-order valence-corrected chi connectivity index (χ0v) is 14.9. The first-order chi connectivity index (χ1) is 12.1. The van der Waals surface area contributed by atoms with Gasteiger partial charge in [0.1, 0.15) is 0 Å². The number of rotatable bonds is 7. The molecule has 25 heavy (non-hydrogen) atoms. The Bertz CT molecular complexity index is 696. The van der Waals surface area contributed by atoms with Gasteiger partial charge < -0.3 is 15.5 Å². The predicted molar refractivity (Wildman–Crippen MR) is 97.0 cm³/mol. The highest BCUT2D eigenvalue weighted by Crippen LogP contribution is 1.97. The van der Waals surface area contributed by atoms with Crippen molar-refractivity contribution in [3.05, 3.63) is 48.0 Å². The standard InChI is InChI=1S/C17H25N7O/c1-18-17(20-12-15-7-10-22-24(15)3)21-13-16(25)23(2)11-8-14-6-4-5-9-19-14/h4-7,9-10H,8,11-13H2,1-3H3,(H2,18,20,21). The Hall–Kier alpha value is -2.90. The number of pyridine rings is 1. The van der Waals surface area contributed by atoms with Gasteiger partial charge in [-0.15, -0.1) is 0 Å². The lowest BCUT2D eigenvalue weighted by Gasteiger charge is -2.18. The molecule has 2 aromatic heterocycles. The Kier molecular flexibility index (Phi) is 6.94. The van der Waals surface area contributed by atoms with E-state index in [9.17, 15) is 4.79 Å². The maximum Gasteiger partial charge on any atom is 0.241 e. The fourth-order valence-electron chi connectivity index (χ4n) is 2.22. The zero-order chi connectivity index (χ0) is 18.1. The summed E-state index contributed by atoms with van der Waals surface area (Å²) in [5, 5.41) is 10.3. The second-order valence-electron chi connectivity index (χ2n) is 5.61. The van der Waals surface area contributed by atoms with Crippen LogP contribution in [-0.2, 0) is 24.8 Å². The normalized spacial score (nSPS) is 11.2. The molecule has 8 nitrogen and oxygen atoms in total. The molecule has 2 rings (SSSR count). The van der Waals surface area contributed by atoms with Crippen LogP contribution >= 0.6 is 0 Å². The third kappa shape index (κ3) is 5.91. The van der Waals surface area contributed by atoms with Gasteiger partial charge in [0.25, 0.3) is 0 Å². The van der Waals surface area contributed by atoms with Gasteiger partial charge in [-0.3, -0.25) is 19.5 Å². The number of aromatic nitrogens is 3. The molecular formula is C17H25N7O. The maximum atomic E-state index is 12.2. The summed E-state index contributed by atoms with van der Waals surface area (Å²) in [4.78, 5) is 22.3. The molecule has 0 fully saturated rings. The summed E-state index contributed by atoms with van der Waals surface area (Å²) in [6.45, 7) is 1.39. The summed E-state index contributed by atoms with van der Waals surface area (Å²) in [6, 6.07) is 7.72. The summed E-state index contributed by atoms with van der Waals surface area (Å²) in [6.07, 6.45) is 4.24. The summed E-state index contributed by atoms with van der Waals surface area (Å²) in [7, 11) is 5.35. The van der Waals surface area contributed by atoms with Crippen molar-refractivity contribution < 1.29 is 4.79 Å². The molecule has 0 saturated heterocycles. The van der Waals surface area contributed by atoms with Crippen molar-refractivity contribution in [3.63, 3.8) is 0 Å². The van der Waals surface area contributed by atoms with Crippen LogP contribution in [-0.4, -0.2) is 58.7 Å². The van der Waals surface area contributed by atoms with Crippen molar-refractivity contribution in [2.45, 2.75) is 13.0 Å². The molecule has 1 amide bonds. The van der Waals surface area contributed by atoms with Gasteiger partial charge >= 0.3 is 0 Å². The van der Waals surface area contributed by atoms with Crippen LogP contribution in [0.15, 0.2) is 41.7 Å². The quantitative estimate of drug-likeness (QED) is 0.553. The van der Waals surface area contributed by atoms with E-state index in [0.717, 1.165) is 17.8 Å². The van der Waals surface area contributed by atoms with E-state index < -0.39 is 0 Å². The summed E-state index contributed by atoms with van der Waals surface area (Å²) < 4.78 is 1.79. The maximum absolute atomic E-state index is 12.2. The summed E-state index contributed by atoms with van der Waals surface area (Å²) in [5.41, 5.74) is 2.01. The molecule has 2 N–H and O–H groups in total. The molecule has 0 bridgehead atoms. The molecule has 134 valence electrons. The van der Waals surface area contributed by atoms with Crippen molar-refractivity contribution in [1.82, 2.24) is 30.3 Å². The summed E-state index contributed by atoms with van der Waals surface area (Å²) >= 11 is 0. The van der Waals surface area contributed by atoms with E-state index in [1.165, 1.54) is 0 Å². The van der Waals surface area contributed by atoms with Gasteiger partial charge in [-0.1, -0.05) is 6.07 Å². The van der Waals surface area contributed by atoms with Crippen molar-refractivity contribution >= 4 is 11.9 Å². The fourth-order valence-corrected chi connectivity index (χ4v) is 2.22. The van der Waals surface area contributed by atoms with E-state index in [2.05, 4.69) is 25.7 Å². The number of nitrogens with one attached hydrogen (secondary N) is 2. The fraction of sp³-hybridized carbons (Fsp3) is 0.412. The lowest BCUT2D eigenvalue weighted by molar-refractivity contribution is -0.128. The second kappa shape index (κ2) is 9.41. The van der Waals surface area contributed by atoms with Crippen LogP contribution in [0.5, 0.6) is 0 Å². The zero-order valence-electron chi connectivity index (χ0n) is 14.9. The Balaban J connectivity index is 1.72. The van der Waals surface area contributed by atoms with Crippen molar-refractivity contribution in [3.8, 4) is 0 Å². The first kappa shape index (κ1) is 18.4. The average molecular weight is 343 g/mol. The minimum atomic E-state index is -0.000542. The number of aryl methyl sites for hydroxylation is 1. The van der Waals surface area contributed by atoms with Gasteiger partial charge in [0.2, 0.25) is 5.91 Å². The van der Waals surface area contributed by atoms with Gasteiger partial charge in [-0.05, 0) is 18.2 Å². The van der Waals surface area contributed by atoms with E-state index in [-0.39, 0.29) is 12.5 Å². The van der Waals surface area contributed by atoms with Gasteiger partial charge in [0.15, 0.2) is 5.96 Å². The Labute approximate surface area is 148 Å². The van der Waals surface area contributed by atoms with Crippen molar-refractivity contribution in [1.29, 1.82) is 0 Å². The third-order valence-corrected chi connectivity index (χ3v) is 3.85. The number of aliphatic imine (C=N–C) groups is 1. The highest BCUT2D eigenvalue weighted by Gasteiger charge is 2.10. The molecule has 2 heterocycles. The Morgan fingerprint density at radius 2 is 2.12 bits per heavy atom. The number of hydrogen-bond acceptors (Lipinski definition) is 4. The molecule has 8 heteroatoms. The molecule has 0 radical (unpaired) electrons. The molecule has 0 spiro atoms. The third-order valence-electron chi connectivity index (χ3n) is 3.85. The molecule has 0 aliphatic carbocycles. The van der Waals surface area contributed by atoms with E-state index in [1.54, 1.807) is 36.1 Å². The average Bonchev–Trinajstić information content (AvgIpc) is 3.05. The molecule has 0 atom stereocenters. The molecule has 0 saturated carbocycles. The van der Waals surface area contributed by atoms with E-state index in [0.29, 0.717) is 19.0 Å². The summed E-state index contributed by atoms with van der Waals surface area (Å²) in [5.74, 6) is 0.576. The number of likely N-dealkylation sites (N-methyl/N-ethyl adjacent to an activating group) is 1. The van der Waals surface area contributed by atoms with Crippen LogP contribution in [0.3, 0.4) is 0 Å². The smallest absolute Gasteiger partial charge is 0.241 e. The number of carbonyl (C=O) groups is 1. The number of amides is 1. The number of hydrogen-bond donors (Lipinski definition) is 2. The minimum Gasteiger partial charge on any atom is -0.351 e. The lowest BCUT2D eigenvalue weighted by atomic mass is 10.2. The monoisotopic (exact) mass is 343 g/mol. The van der Waals surface area contributed by atoms with Gasteiger partial charge in [-0.2, -0.15) is 5.10 Å². The molecule has 0 aromatic carbocycles. The van der Waals surface area contributed by atoms with Crippen LogP contribution in [0.4, 0.5) is 0 Å². The SMILES string of the molecule is CN=C(NCC(=O)N(C)CCc1ccccn1)NCc1ccnn1C. The highest BCUT2D eigenvalue weighted by molar-refractivity contribution is 5.86. The predicted octanol–water partition coefficient (Wildman–Crippen LogP) is 0.181. The Morgan fingerprint density at radius 3 is 2.76 bits per heavy atom. The molecule has 0 unspecified atom stereocenters. The van der Waals surface area contributed by atoms with Crippen LogP contribution < -0.4 is 10.6 Å². The van der Waals surface area contributed by atoms with Gasteiger partial charge in [0, 0.05) is 52.2 Å². The van der Waals surface area contributed by atoms with E-state index >= 15 is 0 Å². The molecular weight excluding hydrogens is 318 g/mol. The molecule has 2 aromatic rings. The number of nitrogens with zero attached hydrogens (tertiary/aromatic N) is 5. The van der Waals surface area contributed by atoms with Crippen LogP contribution in [0.2, 0.25) is 0 Å². The van der Waals surface area contributed by atoms with Crippen molar-refractivity contribution in [2.75, 3.05) is 27.2 Å². The molecule has 0 aliphatic rings. The topological polar surface area (TPSA) is 87.4 Å². The van der Waals surface area contributed by atoms with Crippen molar-refractivity contribution in [2.24, 2.45) is 12.0 Å². The first-order valence-corrected chi connectivity index (χ1v) is 8.15. The lowest BCUT2D eigenvalue weighted by Crippen LogP contribution is -2.44.